The third kappa shape index (κ3) is 5.95. The van der Waals surface area contributed by atoms with Gasteiger partial charge in [0.15, 0.2) is 0 Å². The number of carbonyl (C=O) groups is 1. The summed E-state index contributed by atoms with van der Waals surface area (Å²) in [5.41, 5.74) is 0. The van der Waals surface area contributed by atoms with Gasteiger partial charge in [0.2, 0.25) is 5.91 Å². The highest BCUT2D eigenvalue weighted by Gasteiger charge is 2.25. The van der Waals surface area contributed by atoms with Gasteiger partial charge in [-0.2, -0.15) is 0 Å². The molecule has 1 aromatic rings. The number of amides is 1. The van der Waals surface area contributed by atoms with E-state index in [1.54, 1.807) is 7.11 Å². The van der Waals surface area contributed by atoms with E-state index in [1.165, 1.54) is 0 Å². The van der Waals surface area contributed by atoms with Crippen molar-refractivity contribution in [1.29, 1.82) is 0 Å². The second-order valence-electron chi connectivity index (χ2n) is 5.59. The molecule has 0 bridgehead atoms. The van der Waals surface area contributed by atoms with Crippen LogP contribution in [-0.4, -0.2) is 70.5 Å². The molecule has 2 N–H and O–H groups in total. The van der Waals surface area contributed by atoms with Crippen LogP contribution in [0.3, 0.4) is 0 Å². The molecule has 2 heterocycles. The minimum atomic E-state index is -0.0253. The number of ether oxygens (including phenoxy) is 2. The average molecular weight is 325 g/mol. The molecule has 0 spiro atoms. The highest BCUT2D eigenvalue weighted by Crippen LogP contribution is 2.23. The van der Waals surface area contributed by atoms with Gasteiger partial charge < -0.3 is 24.5 Å². The van der Waals surface area contributed by atoms with E-state index in [-0.39, 0.29) is 18.5 Å². The van der Waals surface area contributed by atoms with E-state index in [2.05, 4.69) is 15.5 Å². The quantitative estimate of drug-likeness (QED) is 0.637. The smallest absolute Gasteiger partial charge is 0.234 e. The molecular formula is C16H27N3O4. The lowest BCUT2D eigenvalue weighted by Crippen LogP contribution is -2.45. The van der Waals surface area contributed by atoms with Crippen molar-refractivity contribution in [3.8, 4) is 0 Å². The number of nitrogens with one attached hydrogen (secondary N) is 2. The first kappa shape index (κ1) is 17.9. The van der Waals surface area contributed by atoms with Crippen molar-refractivity contribution in [2.75, 3.05) is 59.7 Å². The Morgan fingerprint density at radius 2 is 2.17 bits per heavy atom. The summed E-state index contributed by atoms with van der Waals surface area (Å²) in [7, 11) is 1.64. The van der Waals surface area contributed by atoms with Crippen LogP contribution in [0.15, 0.2) is 16.5 Å². The molecule has 1 unspecified atom stereocenters. The first-order chi connectivity index (χ1) is 11.2. The van der Waals surface area contributed by atoms with E-state index >= 15 is 0 Å². The summed E-state index contributed by atoms with van der Waals surface area (Å²) in [6.07, 6.45) is 0. The van der Waals surface area contributed by atoms with Crippen molar-refractivity contribution in [2.24, 2.45) is 0 Å². The van der Waals surface area contributed by atoms with Crippen LogP contribution < -0.4 is 10.6 Å². The fourth-order valence-corrected chi connectivity index (χ4v) is 2.58. The van der Waals surface area contributed by atoms with Gasteiger partial charge in [-0.25, -0.2) is 0 Å². The van der Waals surface area contributed by atoms with E-state index in [0.717, 1.165) is 24.6 Å². The lowest BCUT2D eigenvalue weighted by Gasteiger charge is -2.33. The Balaban J connectivity index is 1.86. The summed E-state index contributed by atoms with van der Waals surface area (Å²) in [6.45, 7) is 7.10. The monoisotopic (exact) mass is 325 g/mol. The summed E-state index contributed by atoms with van der Waals surface area (Å²) in [5, 5.41) is 6.02. The van der Waals surface area contributed by atoms with E-state index in [0.29, 0.717) is 32.9 Å². The third-order valence-electron chi connectivity index (χ3n) is 3.84. The Morgan fingerprint density at radius 3 is 2.83 bits per heavy atom. The summed E-state index contributed by atoms with van der Waals surface area (Å²) in [4.78, 5) is 14.2. The Labute approximate surface area is 137 Å². The largest absolute Gasteiger partial charge is 0.465 e. The molecule has 23 heavy (non-hydrogen) atoms. The summed E-state index contributed by atoms with van der Waals surface area (Å²) >= 11 is 0. The zero-order chi connectivity index (χ0) is 16.5. The van der Waals surface area contributed by atoms with Gasteiger partial charge in [0.05, 0.1) is 32.4 Å². The number of rotatable bonds is 9. The lowest BCUT2D eigenvalue weighted by molar-refractivity contribution is -0.120. The normalized spacial score (nSPS) is 17.1. The first-order valence-electron chi connectivity index (χ1n) is 8.05. The highest BCUT2D eigenvalue weighted by atomic mass is 16.5. The fourth-order valence-electron chi connectivity index (χ4n) is 2.58. The van der Waals surface area contributed by atoms with Crippen molar-refractivity contribution in [1.82, 2.24) is 15.5 Å². The van der Waals surface area contributed by atoms with Crippen LogP contribution in [-0.2, 0) is 14.3 Å². The van der Waals surface area contributed by atoms with Crippen molar-refractivity contribution in [2.45, 2.75) is 13.0 Å². The zero-order valence-electron chi connectivity index (χ0n) is 14.0. The number of nitrogens with zero attached hydrogens (tertiary/aromatic N) is 1. The Kier molecular flexibility index (Phi) is 7.54. The Hall–Kier alpha value is -1.41. The number of aryl methyl sites for hydroxylation is 1. The molecule has 130 valence electrons. The van der Waals surface area contributed by atoms with Crippen LogP contribution in [0, 0.1) is 6.92 Å². The van der Waals surface area contributed by atoms with Gasteiger partial charge in [0.1, 0.15) is 11.5 Å². The van der Waals surface area contributed by atoms with E-state index in [9.17, 15) is 4.79 Å². The maximum absolute atomic E-state index is 11.9. The average Bonchev–Trinajstić information content (AvgIpc) is 2.99. The predicted octanol–water partition coefficient (Wildman–Crippen LogP) is 0.314. The topological polar surface area (TPSA) is 76.0 Å². The van der Waals surface area contributed by atoms with Crippen LogP contribution in [0.25, 0.3) is 0 Å². The minimum absolute atomic E-state index is 0.0253. The third-order valence-corrected chi connectivity index (χ3v) is 3.84. The van der Waals surface area contributed by atoms with Crippen LogP contribution in [0.2, 0.25) is 0 Å². The Bertz CT molecular complexity index is 472. The standard InChI is InChI=1S/C16H27N3O4/c1-13-3-4-15(23-13)14(19-6-9-22-10-7-19)11-18-16(20)12-17-5-8-21-2/h3-4,14,17H,5-12H2,1-2H3,(H,18,20). The molecule has 1 saturated heterocycles. The number of hydrogen-bond acceptors (Lipinski definition) is 6. The van der Waals surface area contributed by atoms with Crippen LogP contribution in [0.1, 0.15) is 17.6 Å². The molecule has 1 fully saturated rings. The van der Waals surface area contributed by atoms with Gasteiger partial charge in [0.25, 0.3) is 0 Å². The number of furan rings is 1. The van der Waals surface area contributed by atoms with E-state index in [1.807, 2.05) is 19.1 Å². The zero-order valence-corrected chi connectivity index (χ0v) is 14.0. The van der Waals surface area contributed by atoms with E-state index < -0.39 is 0 Å². The van der Waals surface area contributed by atoms with Crippen molar-refractivity contribution >= 4 is 5.91 Å². The van der Waals surface area contributed by atoms with Gasteiger partial charge in [-0.15, -0.1) is 0 Å². The fraction of sp³-hybridized carbons (Fsp3) is 0.688. The van der Waals surface area contributed by atoms with Gasteiger partial charge in [-0.05, 0) is 19.1 Å². The SMILES string of the molecule is COCCNCC(=O)NCC(c1ccc(C)o1)N1CCOCC1. The number of methoxy groups -OCH3 is 1. The van der Waals surface area contributed by atoms with Crippen molar-refractivity contribution in [3.63, 3.8) is 0 Å². The summed E-state index contributed by atoms with van der Waals surface area (Å²) < 4.78 is 16.1. The lowest BCUT2D eigenvalue weighted by atomic mass is 10.1. The highest BCUT2D eigenvalue weighted by molar-refractivity contribution is 5.78. The predicted molar refractivity (Wildman–Crippen MR) is 86.3 cm³/mol. The summed E-state index contributed by atoms with van der Waals surface area (Å²) in [6, 6.07) is 3.98. The van der Waals surface area contributed by atoms with Crippen molar-refractivity contribution in [3.05, 3.63) is 23.7 Å². The second-order valence-corrected chi connectivity index (χ2v) is 5.59. The van der Waals surface area contributed by atoms with Crippen LogP contribution in [0.5, 0.6) is 0 Å². The number of carbonyl (C=O) groups excluding carboxylic acids is 1. The Morgan fingerprint density at radius 1 is 1.39 bits per heavy atom. The molecule has 0 aliphatic carbocycles. The molecular weight excluding hydrogens is 298 g/mol. The molecule has 7 heteroatoms. The molecule has 1 aliphatic rings. The molecule has 1 aromatic heterocycles. The molecule has 0 aromatic carbocycles. The number of morpholine rings is 1. The molecule has 7 nitrogen and oxygen atoms in total. The van der Waals surface area contributed by atoms with Crippen molar-refractivity contribution < 1.29 is 18.7 Å². The maximum Gasteiger partial charge on any atom is 0.234 e. The second kappa shape index (κ2) is 9.67. The maximum atomic E-state index is 11.9. The van der Waals surface area contributed by atoms with Gasteiger partial charge in [0, 0.05) is 33.3 Å². The first-order valence-corrected chi connectivity index (χ1v) is 8.05. The molecule has 1 atom stereocenters. The molecule has 0 radical (unpaired) electrons. The molecule has 1 aliphatic heterocycles. The summed E-state index contributed by atoms with van der Waals surface area (Å²) in [5.74, 6) is 1.74. The van der Waals surface area contributed by atoms with Crippen LogP contribution >= 0.6 is 0 Å². The molecule has 0 saturated carbocycles. The van der Waals surface area contributed by atoms with Gasteiger partial charge in [-0.3, -0.25) is 9.69 Å². The number of hydrogen-bond donors (Lipinski definition) is 2. The minimum Gasteiger partial charge on any atom is -0.465 e. The van der Waals surface area contributed by atoms with Crippen LogP contribution in [0.4, 0.5) is 0 Å². The molecule has 2 rings (SSSR count). The van der Waals surface area contributed by atoms with Gasteiger partial charge in [-0.1, -0.05) is 0 Å². The molecule has 1 amide bonds. The van der Waals surface area contributed by atoms with E-state index in [4.69, 9.17) is 13.9 Å². The van der Waals surface area contributed by atoms with Gasteiger partial charge >= 0.3 is 0 Å².